The molecule has 1 aromatic rings. The van der Waals surface area contributed by atoms with E-state index in [4.69, 9.17) is 25.8 Å². The van der Waals surface area contributed by atoms with Gasteiger partial charge in [-0.25, -0.2) is 0 Å². The van der Waals surface area contributed by atoms with Crippen molar-refractivity contribution in [2.45, 2.75) is 67.1 Å². The van der Waals surface area contributed by atoms with Crippen LogP contribution in [0.5, 0.6) is 0 Å². The van der Waals surface area contributed by atoms with Crippen molar-refractivity contribution in [1.29, 1.82) is 5.26 Å². The molecule has 24 heavy (non-hydrogen) atoms. The quantitative estimate of drug-likeness (QED) is 0.766. The second-order valence-electron chi connectivity index (χ2n) is 8.62. The number of nitriles is 1. The average Bonchev–Trinajstić information content (AvgIpc) is 3.04. The van der Waals surface area contributed by atoms with Crippen molar-refractivity contribution < 1.29 is 9.26 Å². The Balaban J connectivity index is 1.51. The monoisotopic (exact) mass is 347 g/mol. The van der Waals surface area contributed by atoms with E-state index in [2.05, 4.69) is 11.2 Å². The van der Waals surface area contributed by atoms with Gasteiger partial charge in [0.05, 0.1) is 6.07 Å². The summed E-state index contributed by atoms with van der Waals surface area (Å²) in [4.78, 5) is 4.71. The van der Waals surface area contributed by atoms with Crippen LogP contribution in [-0.2, 0) is 15.6 Å². The molecule has 0 aromatic carbocycles. The number of hydrogen-bond acceptors (Lipinski definition) is 5. The van der Waals surface area contributed by atoms with Crippen LogP contribution in [-0.4, -0.2) is 28.2 Å². The lowest BCUT2D eigenvalue weighted by molar-refractivity contribution is 0.00357. The number of alkyl halides is 1. The fraction of sp³-hybridized carbons (Fsp3) is 0.833. The van der Waals surface area contributed by atoms with Crippen molar-refractivity contribution in [2.24, 2.45) is 11.8 Å². The van der Waals surface area contributed by atoms with Gasteiger partial charge in [-0.3, -0.25) is 0 Å². The predicted octanol–water partition coefficient (Wildman–Crippen LogP) is 3.47. The van der Waals surface area contributed by atoms with Crippen LogP contribution < -0.4 is 0 Å². The molecule has 128 valence electrons. The summed E-state index contributed by atoms with van der Waals surface area (Å²) in [6, 6.07) is 2.43. The summed E-state index contributed by atoms with van der Waals surface area (Å²) in [6.45, 7) is 1.15. The van der Waals surface area contributed by atoms with Gasteiger partial charge in [0, 0.05) is 23.5 Å². The van der Waals surface area contributed by atoms with Crippen molar-refractivity contribution in [3.8, 4) is 6.07 Å². The summed E-state index contributed by atoms with van der Waals surface area (Å²) in [7, 11) is 0. The number of aromatic nitrogens is 2. The molecule has 4 aliphatic carbocycles. The molecule has 1 saturated heterocycles. The average molecular weight is 348 g/mol. The molecule has 4 saturated carbocycles. The molecule has 6 heteroatoms. The zero-order valence-corrected chi connectivity index (χ0v) is 14.5. The third-order valence-electron chi connectivity index (χ3n) is 6.86. The fourth-order valence-corrected chi connectivity index (χ4v) is 6.83. The Bertz CT molecular complexity index is 689. The van der Waals surface area contributed by atoms with E-state index in [1.54, 1.807) is 0 Å². The number of halogens is 1. The molecule has 2 heterocycles. The molecular weight excluding hydrogens is 326 g/mol. The van der Waals surface area contributed by atoms with E-state index < -0.39 is 5.41 Å². The minimum absolute atomic E-state index is 0.0323. The van der Waals surface area contributed by atoms with Crippen LogP contribution in [0.15, 0.2) is 4.52 Å². The van der Waals surface area contributed by atoms with Crippen LogP contribution in [0.4, 0.5) is 0 Å². The molecule has 1 aliphatic heterocycles. The highest BCUT2D eigenvalue weighted by Crippen LogP contribution is 2.63. The highest BCUT2D eigenvalue weighted by atomic mass is 35.5. The minimum atomic E-state index is -0.676. The second-order valence-corrected chi connectivity index (χ2v) is 9.42. The summed E-state index contributed by atoms with van der Waals surface area (Å²) in [6.07, 6.45) is 8.04. The Kier molecular flexibility index (Phi) is 3.13. The van der Waals surface area contributed by atoms with Gasteiger partial charge >= 0.3 is 0 Å². The normalized spacial score (nSPS) is 42.8. The molecule has 0 amide bonds. The number of nitrogens with zero attached hydrogens (tertiary/aromatic N) is 3. The molecule has 2 unspecified atom stereocenters. The molecule has 6 rings (SSSR count). The Labute approximate surface area is 146 Å². The minimum Gasteiger partial charge on any atom is -0.381 e. The van der Waals surface area contributed by atoms with E-state index in [-0.39, 0.29) is 10.3 Å². The number of ether oxygens (including phenoxy) is 1. The lowest BCUT2D eigenvalue weighted by Crippen LogP contribution is -2.55. The summed E-state index contributed by atoms with van der Waals surface area (Å²) in [5.41, 5.74) is -0.708. The summed E-state index contributed by atoms with van der Waals surface area (Å²) >= 11 is 6.93. The molecule has 4 bridgehead atoms. The Morgan fingerprint density at radius 1 is 1.12 bits per heavy atom. The summed E-state index contributed by atoms with van der Waals surface area (Å²) in [5.74, 6) is 2.68. The van der Waals surface area contributed by atoms with Gasteiger partial charge in [0.2, 0.25) is 5.89 Å². The van der Waals surface area contributed by atoms with Crippen LogP contribution in [0.1, 0.15) is 63.1 Å². The lowest BCUT2D eigenvalue weighted by atomic mass is 9.49. The molecule has 5 nitrogen and oxygen atoms in total. The van der Waals surface area contributed by atoms with E-state index in [0.717, 1.165) is 37.9 Å². The van der Waals surface area contributed by atoms with Crippen molar-refractivity contribution in [3.05, 3.63) is 11.7 Å². The topological polar surface area (TPSA) is 71.9 Å². The zero-order valence-electron chi connectivity index (χ0n) is 13.8. The van der Waals surface area contributed by atoms with Crippen molar-refractivity contribution in [3.63, 3.8) is 0 Å². The zero-order chi connectivity index (χ0) is 16.4. The highest BCUT2D eigenvalue weighted by molar-refractivity contribution is 6.24. The first-order valence-corrected chi connectivity index (χ1v) is 9.45. The summed E-state index contributed by atoms with van der Waals surface area (Å²) < 4.78 is 11.0. The Morgan fingerprint density at radius 2 is 1.83 bits per heavy atom. The highest BCUT2D eigenvalue weighted by Gasteiger charge is 2.59. The van der Waals surface area contributed by atoms with Gasteiger partial charge in [-0.05, 0) is 63.2 Å². The van der Waals surface area contributed by atoms with Crippen LogP contribution in [0, 0.1) is 23.2 Å². The van der Waals surface area contributed by atoms with Gasteiger partial charge in [-0.2, -0.15) is 10.2 Å². The molecular formula is C18H22ClN3O2. The van der Waals surface area contributed by atoms with E-state index in [0.29, 0.717) is 43.8 Å². The van der Waals surface area contributed by atoms with Crippen LogP contribution in [0.2, 0.25) is 0 Å². The third-order valence-corrected chi connectivity index (χ3v) is 7.30. The third kappa shape index (κ3) is 2.09. The Hall–Kier alpha value is -1.12. The van der Waals surface area contributed by atoms with E-state index >= 15 is 0 Å². The SMILES string of the molecule is N#CC1(c2nc(C34CC5CC(CC(Cl)(C5)C3)C4)no2)CCOCC1. The molecule has 5 aliphatic rings. The lowest BCUT2D eigenvalue weighted by Gasteiger charge is -2.58. The van der Waals surface area contributed by atoms with Gasteiger partial charge in [0.1, 0.15) is 5.41 Å². The molecule has 2 atom stereocenters. The number of rotatable bonds is 2. The molecule has 0 spiro atoms. The van der Waals surface area contributed by atoms with Crippen LogP contribution in [0.25, 0.3) is 0 Å². The smallest absolute Gasteiger partial charge is 0.247 e. The predicted molar refractivity (Wildman–Crippen MR) is 86.6 cm³/mol. The van der Waals surface area contributed by atoms with Crippen molar-refractivity contribution in [1.82, 2.24) is 10.1 Å². The van der Waals surface area contributed by atoms with Crippen molar-refractivity contribution in [2.75, 3.05) is 13.2 Å². The maximum atomic E-state index is 9.72. The maximum Gasteiger partial charge on any atom is 0.247 e. The molecule has 1 aromatic heterocycles. The van der Waals surface area contributed by atoms with Crippen LogP contribution in [0.3, 0.4) is 0 Å². The first-order valence-electron chi connectivity index (χ1n) is 9.08. The van der Waals surface area contributed by atoms with Gasteiger partial charge in [-0.1, -0.05) is 5.16 Å². The largest absolute Gasteiger partial charge is 0.381 e. The number of hydrogen-bond donors (Lipinski definition) is 0. The van der Waals surface area contributed by atoms with Crippen LogP contribution >= 0.6 is 11.6 Å². The van der Waals surface area contributed by atoms with Crippen molar-refractivity contribution >= 4 is 11.6 Å². The fourth-order valence-electron chi connectivity index (χ4n) is 6.14. The molecule has 0 N–H and O–H groups in total. The standard InChI is InChI=1S/C18H22ClN3O2/c19-18-8-12-5-13(9-18)7-17(6-12,10-18)14-21-15(24-22-14)16(11-20)1-3-23-4-2-16/h12-13H,1-10H2. The van der Waals surface area contributed by atoms with E-state index in [9.17, 15) is 5.26 Å². The van der Waals surface area contributed by atoms with E-state index in [1.807, 2.05) is 0 Å². The van der Waals surface area contributed by atoms with Gasteiger partial charge in [-0.15, -0.1) is 11.6 Å². The summed E-state index contributed by atoms with van der Waals surface area (Å²) in [5, 5.41) is 14.1. The maximum absolute atomic E-state index is 9.72. The molecule has 5 fully saturated rings. The van der Waals surface area contributed by atoms with Gasteiger partial charge in [0.15, 0.2) is 5.82 Å². The van der Waals surface area contributed by atoms with Gasteiger partial charge in [0.25, 0.3) is 0 Å². The first kappa shape index (κ1) is 15.2. The second kappa shape index (κ2) is 4.95. The first-order chi connectivity index (χ1) is 11.5. The van der Waals surface area contributed by atoms with Gasteiger partial charge < -0.3 is 9.26 Å². The molecule has 0 radical (unpaired) electrons. The Morgan fingerprint density at radius 3 is 2.46 bits per heavy atom. The van der Waals surface area contributed by atoms with E-state index in [1.165, 1.54) is 6.42 Å².